The molecule has 1 amide bonds. The monoisotopic (exact) mass is 269 g/mol. The molecule has 0 saturated carbocycles. The summed E-state index contributed by atoms with van der Waals surface area (Å²) in [6.07, 6.45) is 2.98. The van der Waals surface area contributed by atoms with Gasteiger partial charge in [0.25, 0.3) is 11.8 Å². The Morgan fingerprint density at radius 1 is 1.35 bits per heavy atom. The number of benzene rings is 1. The first-order valence-corrected chi connectivity index (χ1v) is 5.94. The zero-order valence-electron chi connectivity index (χ0n) is 10.6. The van der Waals surface area contributed by atoms with Gasteiger partial charge in [0.2, 0.25) is 0 Å². The molecule has 0 atom stereocenters. The second-order valence-electron chi connectivity index (χ2n) is 4.13. The zero-order chi connectivity index (χ0) is 13.9. The van der Waals surface area contributed by atoms with Gasteiger partial charge in [0, 0.05) is 6.20 Å². The predicted molar refractivity (Wildman–Crippen MR) is 71.0 cm³/mol. The average Bonchev–Trinajstić information content (AvgIpc) is 3.10. The largest absolute Gasteiger partial charge is 0.334 e. The lowest BCUT2D eigenvalue weighted by Crippen LogP contribution is -2.11. The molecule has 0 spiro atoms. The van der Waals surface area contributed by atoms with E-state index in [1.807, 2.05) is 12.1 Å². The molecule has 1 aromatic carbocycles. The van der Waals surface area contributed by atoms with E-state index in [9.17, 15) is 4.79 Å². The van der Waals surface area contributed by atoms with Gasteiger partial charge in [-0.25, -0.2) is 0 Å². The number of anilines is 1. The molecule has 7 heteroatoms. The summed E-state index contributed by atoms with van der Waals surface area (Å²) >= 11 is 0. The van der Waals surface area contributed by atoms with E-state index in [0.29, 0.717) is 28.5 Å². The highest BCUT2D eigenvalue weighted by molar-refractivity contribution is 6.05. The van der Waals surface area contributed by atoms with Gasteiger partial charge in [-0.05, 0) is 19.1 Å². The number of nitrogens with one attached hydrogen (secondary N) is 2. The van der Waals surface area contributed by atoms with Crippen LogP contribution in [0.4, 0.5) is 5.69 Å². The van der Waals surface area contributed by atoms with Gasteiger partial charge in [0.05, 0.1) is 23.0 Å². The molecular formula is C13H11N5O2. The molecule has 3 rings (SSSR count). The molecule has 100 valence electrons. The summed E-state index contributed by atoms with van der Waals surface area (Å²) in [5, 5.41) is 12.9. The van der Waals surface area contributed by atoms with Crippen LogP contribution in [0.15, 0.2) is 41.2 Å². The fourth-order valence-corrected chi connectivity index (χ4v) is 1.75. The SMILES string of the molecule is Cc1noc(-c2ccccc2NC(=O)c2cn[nH]c2)n1. The van der Waals surface area contributed by atoms with Crippen LogP contribution < -0.4 is 5.32 Å². The minimum absolute atomic E-state index is 0.262. The molecule has 0 aliphatic carbocycles. The molecule has 0 bridgehead atoms. The van der Waals surface area contributed by atoms with Crippen LogP contribution in [0.1, 0.15) is 16.2 Å². The minimum atomic E-state index is -0.262. The van der Waals surface area contributed by atoms with Crippen molar-refractivity contribution in [3.63, 3.8) is 0 Å². The summed E-state index contributed by atoms with van der Waals surface area (Å²) in [4.78, 5) is 16.2. The normalized spacial score (nSPS) is 10.4. The van der Waals surface area contributed by atoms with E-state index < -0.39 is 0 Å². The number of rotatable bonds is 3. The zero-order valence-corrected chi connectivity index (χ0v) is 10.6. The third kappa shape index (κ3) is 2.28. The number of carbonyl (C=O) groups is 1. The Balaban J connectivity index is 1.92. The maximum Gasteiger partial charge on any atom is 0.260 e. The van der Waals surface area contributed by atoms with Crippen molar-refractivity contribution in [2.45, 2.75) is 6.92 Å². The van der Waals surface area contributed by atoms with E-state index in [0.717, 1.165) is 0 Å². The minimum Gasteiger partial charge on any atom is -0.334 e. The summed E-state index contributed by atoms with van der Waals surface area (Å²) in [6, 6.07) is 7.23. The van der Waals surface area contributed by atoms with Crippen LogP contribution in [-0.2, 0) is 0 Å². The number of H-pyrrole nitrogens is 1. The van der Waals surface area contributed by atoms with Crippen molar-refractivity contribution in [2.75, 3.05) is 5.32 Å². The number of para-hydroxylation sites is 1. The lowest BCUT2D eigenvalue weighted by molar-refractivity contribution is 0.102. The molecule has 20 heavy (non-hydrogen) atoms. The smallest absolute Gasteiger partial charge is 0.260 e. The van der Waals surface area contributed by atoms with Crippen molar-refractivity contribution in [3.8, 4) is 11.5 Å². The van der Waals surface area contributed by atoms with Crippen LogP contribution in [0.2, 0.25) is 0 Å². The van der Waals surface area contributed by atoms with Crippen LogP contribution in [-0.4, -0.2) is 26.2 Å². The Hall–Kier alpha value is -2.96. The summed E-state index contributed by atoms with van der Waals surface area (Å²) in [7, 11) is 0. The lowest BCUT2D eigenvalue weighted by atomic mass is 10.1. The van der Waals surface area contributed by atoms with Crippen LogP contribution >= 0.6 is 0 Å². The van der Waals surface area contributed by atoms with Crippen LogP contribution in [0.5, 0.6) is 0 Å². The van der Waals surface area contributed by atoms with Gasteiger partial charge < -0.3 is 9.84 Å². The van der Waals surface area contributed by atoms with Gasteiger partial charge in [-0.2, -0.15) is 10.1 Å². The first-order chi connectivity index (χ1) is 9.74. The van der Waals surface area contributed by atoms with Crippen molar-refractivity contribution < 1.29 is 9.32 Å². The van der Waals surface area contributed by atoms with Gasteiger partial charge in [-0.3, -0.25) is 9.89 Å². The van der Waals surface area contributed by atoms with E-state index in [1.165, 1.54) is 12.4 Å². The molecule has 2 aromatic heterocycles. The Bertz CT molecular complexity index is 733. The molecular weight excluding hydrogens is 258 g/mol. The van der Waals surface area contributed by atoms with Gasteiger partial charge >= 0.3 is 0 Å². The van der Waals surface area contributed by atoms with Gasteiger partial charge in [-0.1, -0.05) is 17.3 Å². The van der Waals surface area contributed by atoms with Crippen molar-refractivity contribution in [1.29, 1.82) is 0 Å². The molecule has 0 fully saturated rings. The molecule has 7 nitrogen and oxygen atoms in total. The Labute approximate surface area is 114 Å². The number of hydrogen-bond donors (Lipinski definition) is 2. The van der Waals surface area contributed by atoms with E-state index in [-0.39, 0.29) is 5.91 Å². The highest BCUT2D eigenvalue weighted by Gasteiger charge is 2.14. The van der Waals surface area contributed by atoms with Crippen LogP contribution in [0.25, 0.3) is 11.5 Å². The molecule has 2 N–H and O–H groups in total. The average molecular weight is 269 g/mol. The van der Waals surface area contributed by atoms with E-state index in [1.54, 1.807) is 19.1 Å². The van der Waals surface area contributed by atoms with E-state index in [2.05, 4.69) is 25.7 Å². The molecule has 3 aromatic rings. The summed E-state index contributed by atoms with van der Waals surface area (Å²) in [6.45, 7) is 1.74. The number of aromatic amines is 1. The molecule has 0 aliphatic heterocycles. The van der Waals surface area contributed by atoms with Gasteiger partial charge in [0.1, 0.15) is 0 Å². The van der Waals surface area contributed by atoms with E-state index >= 15 is 0 Å². The Morgan fingerprint density at radius 2 is 2.20 bits per heavy atom. The third-order valence-electron chi connectivity index (χ3n) is 2.69. The maximum atomic E-state index is 12.0. The summed E-state index contributed by atoms with van der Waals surface area (Å²) in [5.41, 5.74) is 1.72. The molecule has 0 radical (unpaired) electrons. The maximum absolute atomic E-state index is 12.0. The Kier molecular flexibility index (Phi) is 3.00. The lowest BCUT2D eigenvalue weighted by Gasteiger charge is -2.07. The fourth-order valence-electron chi connectivity index (χ4n) is 1.75. The molecule has 2 heterocycles. The van der Waals surface area contributed by atoms with Crippen molar-refractivity contribution >= 4 is 11.6 Å². The molecule has 0 unspecified atom stereocenters. The second kappa shape index (κ2) is 4.96. The fraction of sp³-hybridized carbons (Fsp3) is 0.0769. The molecule has 0 aliphatic rings. The number of aryl methyl sites for hydroxylation is 1. The van der Waals surface area contributed by atoms with Gasteiger partial charge in [0.15, 0.2) is 5.82 Å². The second-order valence-corrected chi connectivity index (χ2v) is 4.13. The first-order valence-electron chi connectivity index (χ1n) is 5.94. The Morgan fingerprint density at radius 3 is 2.90 bits per heavy atom. The third-order valence-corrected chi connectivity index (χ3v) is 2.69. The summed E-state index contributed by atoms with van der Waals surface area (Å²) < 4.78 is 5.13. The van der Waals surface area contributed by atoms with Crippen LogP contribution in [0, 0.1) is 6.92 Å². The highest BCUT2D eigenvalue weighted by Crippen LogP contribution is 2.26. The molecule has 0 saturated heterocycles. The summed E-state index contributed by atoms with van der Waals surface area (Å²) in [5.74, 6) is 0.643. The number of carbonyl (C=O) groups excluding carboxylic acids is 1. The number of aromatic nitrogens is 4. The van der Waals surface area contributed by atoms with Gasteiger partial charge in [-0.15, -0.1) is 0 Å². The number of nitrogens with zero attached hydrogens (tertiary/aromatic N) is 3. The topological polar surface area (TPSA) is 96.7 Å². The standard InChI is InChI=1S/C13H11N5O2/c1-8-16-13(20-18-8)10-4-2-3-5-11(10)17-12(19)9-6-14-15-7-9/h2-7H,1H3,(H,14,15)(H,17,19). The quantitative estimate of drug-likeness (QED) is 0.758. The van der Waals surface area contributed by atoms with Crippen molar-refractivity contribution in [1.82, 2.24) is 20.3 Å². The van der Waals surface area contributed by atoms with Crippen molar-refractivity contribution in [3.05, 3.63) is 48.0 Å². The highest BCUT2D eigenvalue weighted by atomic mass is 16.5. The van der Waals surface area contributed by atoms with Crippen LogP contribution in [0.3, 0.4) is 0 Å². The first kappa shape index (κ1) is 12.1. The van der Waals surface area contributed by atoms with Crippen molar-refractivity contribution in [2.24, 2.45) is 0 Å². The number of amides is 1. The van der Waals surface area contributed by atoms with E-state index in [4.69, 9.17) is 4.52 Å². The number of hydrogen-bond acceptors (Lipinski definition) is 5. The predicted octanol–water partition coefficient (Wildman–Crippen LogP) is 2.02.